The number of hydrogen-bond acceptors (Lipinski definition) is 3. The van der Waals surface area contributed by atoms with Crippen molar-refractivity contribution in [1.29, 1.82) is 0 Å². The number of nitrogens with one attached hydrogen (secondary N) is 2. The van der Waals surface area contributed by atoms with E-state index in [-0.39, 0.29) is 24.4 Å². The maximum absolute atomic E-state index is 12.3. The topological polar surface area (TPSA) is 61.4 Å². The number of likely N-dealkylation sites (N-methyl/N-ethyl adjacent to an activating group) is 2. The molecule has 5 nitrogen and oxygen atoms in total. The zero-order valence-electron chi connectivity index (χ0n) is 12.5. The quantitative estimate of drug-likeness (QED) is 0.707. The van der Waals surface area contributed by atoms with E-state index in [0.29, 0.717) is 13.1 Å². The highest BCUT2D eigenvalue weighted by atomic mass is 16.2. The van der Waals surface area contributed by atoms with Gasteiger partial charge in [0.25, 0.3) is 0 Å². The highest BCUT2D eigenvalue weighted by molar-refractivity contribution is 5.89. The fourth-order valence-corrected chi connectivity index (χ4v) is 1.78. The SMILES string of the molecule is CCNC(C)(C)C(=O)N(CC)CC(=O)NC(C)C. The van der Waals surface area contributed by atoms with Crippen LogP contribution in [0.2, 0.25) is 0 Å². The number of carbonyl (C=O) groups is 2. The minimum Gasteiger partial charge on any atom is -0.352 e. The Labute approximate surface area is 110 Å². The molecular formula is C13H27N3O2. The lowest BCUT2D eigenvalue weighted by Gasteiger charge is -2.31. The molecule has 0 aliphatic heterocycles. The fourth-order valence-electron chi connectivity index (χ4n) is 1.78. The van der Waals surface area contributed by atoms with Crippen LogP contribution in [0.1, 0.15) is 41.5 Å². The lowest BCUT2D eigenvalue weighted by molar-refractivity contribution is -0.140. The van der Waals surface area contributed by atoms with Crippen molar-refractivity contribution in [3.05, 3.63) is 0 Å². The van der Waals surface area contributed by atoms with Crippen molar-refractivity contribution in [2.45, 2.75) is 53.1 Å². The summed E-state index contributed by atoms with van der Waals surface area (Å²) in [6, 6.07) is 0.0908. The molecule has 5 heteroatoms. The van der Waals surface area contributed by atoms with E-state index in [2.05, 4.69) is 10.6 Å². The number of carbonyl (C=O) groups excluding carboxylic acids is 2. The van der Waals surface area contributed by atoms with E-state index < -0.39 is 5.54 Å². The molecule has 0 rings (SSSR count). The van der Waals surface area contributed by atoms with Crippen LogP contribution in [0, 0.1) is 0 Å². The molecule has 18 heavy (non-hydrogen) atoms. The van der Waals surface area contributed by atoms with E-state index in [4.69, 9.17) is 0 Å². The molecule has 0 spiro atoms. The van der Waals surface area contributed by atoms with E-state index in [1.807, 2.05) is 41.5 Å². The van der Waals surface area contributed by atoms with Gasteiger partial charge in [0, 0.05) is 12.6 Å². The van der Waals surface area contributed by atoms with Crippen molar-refractivity contribution < 1.29 is 9.59 Å². The first-order valence-corrected chi connectivity index (χ1v) is 6.58. The van der Waals surface area contributed by atoms with Crippen LogP contribution in [0.15, 0.2) is 0 Å². The predicted octanol–water partition coefficient (Wildman–Crippen LogP) is 0.748. The minimum atomic E-state index is -0.636. The average molecular weight is 257 g/mol. The molecule has 0 aliphatic carbocycles. The van der Waals surface area contributed by atoms with E-state index in [9.17, 15) is 9.59 Å². The van der Waals surface area contributed by atoms with Gasteiger partial charge in [-0.1, -0.05) is 6.92 Å². The van der Waals surface area contributed by atoms with Gasteiger partial charge in [0.15, 0.2) is 0 Å². The smallest absolute Gasteiger partial charge is 0.242 e. The van der Waals surface area contributed by atoms with Crippen molar-refractivity contribution in [2.75, 3.05) is 19.6 Å². The van der Waals surface area contributed by atoms with Crippen molar-refractivity contribution in [3.63, 3.8) is 0 Å². The summed E-state index contributed by atoms with van der Waals surface area (Å²) in [6.45, 7) is 12.7. The van der Waals surface area contributed by atoms with Gasteiger partial charge < -0.3 is 15.5 Å². The lowest BCUT2D eigenvalue weighted by Crippen LogP contribution is -2.56. The van der Waals surface area contributed by atoms with Gasteiger partial charge in [0.05, 0.1) is 12.1 Å². The molecule has 0 fully saturated rings. The zero-order valence-corrected chi connectivity index (χ0v) is 12.5. The van der Waals surface area contributed by atoms with Crippen LogP contribution in [-0.4, -0.2) is 47.9 Å². The molecule has 0 saturated carbocycles. The Balaban J connectivity index is 4.58. The van der Waals surface area contributed by atoms with Crippen molar-refractivity contribution in [1.82, 2.24) is 15.5 Å². The Bertz CT molecular complexity index is 288. The standard InChI is InChI=1S/C13H27N3O2/c1-7-14-13(5,6)12(18)16(8-2)9-11(17)15-10(3)4/h10,14H,7-9H2,1-6H3,(H,15,17). The molecule has 0 radical (unpaired) electrons. The lowest BCUT2D eigenvalue weighted by atomic mass is 10.0. The van der Waals surface area contributed by atoms with Crippen LogP contribution in [0.3, 0.4) is 0 Å². The van der Waals surface area contributed by atoms with Crippen LogP contribution in [0.25, 0.3) is 0 Å². The van der Waals surface area contributed by atoms with Gasteiger partial charge in [0.2, 0.25) is 11.8 Å². The summed E-state index contributed by atoms with van der Waals surface area (Å²) in [5, 5.41) is 5.92. The molecule has 0 atom stereocenters. The monoisotopic (exact) mass is 257 g/mol. The number of rotatable bonds is 7. The van der Waals surface area contributed by atoms with Crippen LogP contribution >= 0.6 is 0 Å². The molecule has 0 aromatic heterocycles. The first-order valence-electron chi connectivity index (χ1n) is 6.58. The third-order valence-corrected chi connectivity index (χ3v) is 2.61. The summed E-state index contributed by atoms with van der Waals surface area (Å²) in [6.07, 6.45) is 0. The first-order chi connectivity index (χ1) is 8.24. The zero-order chi connectivity index (χ0) is 14.3. The Morgan fingerprint density at radius 1 is 1.22 bits per heavy atom. The van der Waals surface area contributed by atoms with Crippen LogP contribution < -0.4 is 10.6 Å². The molecule has 0 aromatic rings. The molecule has 106 valence electrons. The Morgan fingerprint density at radius 2 is 1.78 bits per heavy atom. The maximum atomic E-state index is 12.3. The van der Waals surface area contributed by atoms with E-state index in [0.717, 1.165) is 0 Å². The Kier molecular flexibility index (Phi) is 6.91. The van der Waals surface area contributed by atoms with Crippen molar-refractivity contribution in [2.24, 2.45) is 0 Å². The predicted molar refractivity (Wildman–Crippen MR) is 73.3 cm³/mol. The number of amides is 2. The largest absolute Gasteiger partial charge is 0.352 e. The van der Waals surface area contributed by atoms with Gasteiger partial charge in [-0.15, -0.1) is 0 Å². The number of nitrogens with zero attached hydrogens (tertiary/aromatic N) is 1. The second-order valence-electron chi connectivity index (χ2n) is 5.20. The number of hydrogen-bond donors (Lipinski definition) is 2. The minimum absolute atomic E-state index is 0.0502. The third kappa shape index (κ3) is 5.49. The highest BCUT2D eigenvalue weighted by Gasteiger charge is 2.31. The van der Waals surface area contributed by atoms with Gasteiger partial charge in [-0.2, -0.15) is 0 Å². The molecular weight excluding hydrogens is 230 g/mol. The molecule has 0 aromatic carbocycles. The van der Waals surface area contributed by atoms with Gasteiger partial charge in [0.1, 0.15) is 0 Å². The van der Waals surface area contributed by atoms with Crippen LogP contribution in [-0.2, 0) is 9.59 Å². The maximum Gasteiger partial charge on any atom is 0.242 e. The molecule has 0 saturated heterocycles. The summed E-state index contributed by atoms with van der Waals surface area (Å²) in [4.78, 5) is 25.5. The summed E-state index contributed by atoms with van der Waals surface area (Å²) < 4.78 is 0. The summed E-state index contributed by atoms with van der Waals surface area (Å²) in [5.41, 5.74) is -0.636. The third-order valence-electron chi connectivity index (χ3n) is 2.61. The van der Waals surface area contributed by atoms with Crippen LogP contribution in [0.5, 0.6) is 0 Å². The van der Waals surface area contributed by atoms with E-state index in [1.54, 1.807) is 4.90 Å². The summed E-state index contributed by atoms with van der Waals surface area (Å²) >= 11 is 0. The molecule has 2 amide bonds. The van der Waals surface area contributed by atoms with Gasteiger partial charge in [-0.3, -0.25) is 9.59 Å². The Morgan fingerprint density at radius 3 is 2.17 bits per heavy atom. The normalized spacial score (nSPS) is 11.5. The van der Waals surface area contributed by atoms with Gasteiger partial charge in [-0.25, -0.2) is 0 Å². The summed E-state index contributed by atoms with van der Waals surface area (Å²) in [7, 11) is 0. The molecule has 0 heterocycles. The first kappa shape index (κ1) is 16.9. The fraction of sp³-hybridized carbons (Fsp3) is 0.846. The van der Waals surface area contributed by atoms with Gasteiger partial charge >= 0.3 is 0 Å². The van der Waals surface area contributed by atoms with Crippen LogP contribution in [0.4, 0.5) is 0 Å². The Hall–Kier alpha value is -1.10. The second-order valence-corrected chi connectivity index (χ2v) is 5.20. The molecule has 0 unspecified atom stereocenters. The van der Waals surface area contributed by atoms with Crippen molar-refractivity contribution >= 4 is 11.8 Å². The van der Waals surface area contributed by atoms with Gasteiger partial charge in [-0.05, 0) is 41.2 Å². The summed E-state index contributed by atoms with van der Waals surface area (Å²) in [5.74, 6) is -0.168. The second kappa shape index (κ2) is 7.36. The molecule has 0 bridgehead atoms. The van der Waals surface area contributed by atoms with E-state index in [1.165, 1.54) is 0 Å². The highest BCUT2D eigenvalue weighted by Crippen LogP contribution is 2.07. The van der Waals surface area contributed by atoms with E-state index >= 15 is 0 Å². The van der Waals surface area contributed by atoms with Crippen molar-refractivity contribution in [3.8, 4) is 0 Å². The average Bonchev–Trinajstić information content (AvgIpc) is 2.23. The molecule has 2 N–H and O–H groups in total. The molecule has 0 aliphatic rings.